The Kier molecular flexibility index (Phi) is 5.51. The highest BCUT2D eigenvalue weighted by molar-refractivity contribution is 6.02. The van der Waals surface area contributed by atoms with Crippen LogP contribution < -0.4 is 16.0 Å². The van der Waals surface area contributed by atoms with Crippen LogP contribution in [0, 0.1) is 12.7 Å². The molecule has 0 radical (unpaired) electrons. The molecule has 3 N–H and O–H groups in total. The Hall–Kier alpha value is -3.61. The van der Waals surface area contributed by atoms with Crippen LogP contribution in [0.2, 0.25) is 0 Å². The number of rotatable bonds is 5. The molecule has 0 aliphatic rings. The second-order valence-corrected chi connectivity index (χ2v) is 5.90. The minimum absolute atomic E-state index is 0.211. The molecule has 138 valence electrons. The van der Waals surface area contributed by atoms with Crippen LogP contribution in [0.4, 0.5) is 20.6 Å². The van der Waals surface area contributed by atoms with Crippen molar-refractivity contribution >= 4 is 23.3 Å². The fraction of sp³-hybridized carbons (Fsp3) is 0.100. The summed E-state index contributed by atoms with van der Waals surface area (Å²) in [5.41, 5.74) is 2.25. The summed E-state index contributed by atoms with van der Waals surface area (Å²) in [6.07, 6.45) is 1.42. The van der Waals surface area contributed by atoms with Crippen LogP contribution in [0.15, 0.2) is 65.3 Å². The molecule has 1 heterocycles. The number of aryl methyl sites for hydroxylation is 1. The molecule has 1 aromatic heterocycles. The number of urea groups is 1. The molecule has 0 saturated carbocycles. The van der Waals surface area contributed by atoms with Crippen LogP contribution in [-0.2, 0) is 6.54 Å². The molecular formula is C20H18FN3O3. The summed E-state index contributed by atoms with van der Waals surface area (Å²) in [7, 11) is 0. The Morgan fingerprint density at radius 3 is 2.56 bits per heavy atom. The predicted molar refractivity (Wildman–Crippen MR) is 100 cm³/mol. The zero-order valence-corrected chi connectivity index (χ0v) is 14.6. The third-order valence-electron chi connectivity index (χ3n) is 3.81. The van der Waals surface area contributed by atoms with Crippen molar-refractivity contribution in [2.24, 2.45) is 0 Å². The van der Waals surface area contributed by atoms with Crippen molar-refractivity contribution in [1.82, 2.24) is 5.32 Å². The largest absolute Gasteiger partial charge is 0.459 e. The van der Waals surface area contributed by atoms with Crippen molar-refractivity contribution in [2.75, 3.05) is 10.6 Å². The van der Waals surface area contributed by atoms with E-state index >= 15 is 0 Å². The van der Waals surface area contributed by atoms with Crippen LogP contribution >= 0.6 is 0 Å². The van der Waals surface area contributed by atoms with Crippen molar-refractivity contribution in [2.45, 2.75) is 13.5 Å². The van der Waals surface area contributed by atoms with E-state index in [-0.39, 0.29) is 24.0 Å². The molecule has 0 aliphatic carbocycles. The van der Waals surface area contributed by atoms with E-state index in [0.29, 0.717) is 16.9 Å². The van der Waals surface area contributed by atoms with Gasteiger partial charge in [0, 0.05) is 17.9 Å². The number of nitrogens with one attached hydrogen (secondary N) is 3. The van der Waals surface area contributed by atoms with Gasteiger partial charge in [0.2, 0.25) is 0 Å². The van der Waals surface area contributed by atoms with Gasteiger partial charge in [-0.25, -0.2) is 9.18 Å². The molecule has 6 nitrogen and oxygen atoms in total. The van der Waals surface area contributed by atoms with Gasteiger partial charge in [0.15, 0.2) is 5.76 Å². The fourth-order valence-electron chi connectivity index (χ4n) is 2.39. The molecule has 27 heavy (non-hydrogen) atoms. The second-order valence-electron chi connectivity index (χ2n) is 5.90. The van der Waals surface area contributed by atoms with Gasteiger partial charge in [0.05, 0.1) is 6.26 Å². The fourth-order valence-corrected chi connectivity index (χ4v) is 2.39. The number of carbonyl (C=O) groups is 2. The lowest BCUT2D eigenvalue weighted by Gasteiger charge is -2.10. The van der Waals surface area contributed by atoms with Crippen molar-refractivity contribution in [1.29, 1.82) is 0 Å². The van der Waals surface area contributed by atoms with Crippen molar-refractivity contribution in [3.8, 4) is 0 Å². The van der Waals surface area contributed by atoms with Crippen molar-refractivity contribution < 1.29 is 18.4 Å². The van der Waals surface area contributed by atoms with Crippen LogP contribution in [0.25, 0.3) is 0 Å². The van der Waals surface area contributed by atoms with Crippen LogP contribution in [0.5, 0.6) is 0 Å². The number of anilines is 2. The zero-order valence-electron chi connectivity index (χ0n) is 14.6. The van der Waals surface area contributed by atoms with E-state index in [4.69, 9.17) is 4.42 Å². The smallest absolute Gasteiger partial charge is 0.319 e. The molecule has 0 saturated heterocycles. The Bertz CT molecular complexity index is 955. The van der Waals surface area contributed by atoms with Gasteiger partial charge in [-0.3, -0.25) is 4.79 Å². The first-order valence-corrected chi connectivity index (χ1v) is 8.26. The van der Waals surface area contributed by atoms with E-state index in [2.05, 4.69) is 16.0 Å². The summed E-state index contributed by atoms with van der Waals surface area (Å²) < 4.78 is 18.6. The van der Waals surface area contributed by atoms with Gasteiger partial charge in [-0.2, -0.15) is 0 Å². The lowest BCUT2D eigenvalue weighted by atomic mass is 10.2. The van der Waals surface area contributed by atoms with Crippen LogP contribution in [0.3, 0.4) is 0 Å². The Morgan fingerprint density at radius 1 is 1.00 bits per heavy atom. The summed E-state index contributed by atoms with van der Waals surface area (Å²) in [5, 5.41) is 7.98. The maximum atomic E-state index is 13.5. The van der Waals surface area contributed by atoms with E-state index in [0.717, 1.165) is 5.56 Å². The SMILES string of the molecule is Cc1ccc(NC(=O)NCc2cccc(NC(=O)c3ccco3)c2)cc1F. The second kappa shape index (κ2) is 8.18. The normalized spacial score (nSPS) is 10.3. The van der Waals surface area contributed by atoms with E-state index in [1.54, 1.807) is 49.4 Å². The first-order valence-electron chi connectivity index (χ1n) is 8.26. The van der Waals surface area contributed by atoms with Crippen LogP contribution in [0.1, 0.15) is 21.7 Å². The number of amides is 3. The van der Waals surface area contributed by atoms with Gasteiger partial charge in [0.25, 0.3) is 5.91 Å². The third kappa shape index (κ3) is 4.94. The predicted octanol–water partition coefficient (Wildman–Crippen LogP) is 4.30. The standard InChI is InChI=1S/C20H18FN3O3/c1-13-7-8-16(11-17(13)21)24-20(26)22-12-14-4-2-5-15(10-14)23-19(25)18-6-3-9-27-18/h2-11H,12H2,1H3,(H,23,25)(H2,22,24,26). The Labute approximate surface area is 155 Å². The molecular weight excluding hydrogens is 349 g/mol. The summed E-state index contributed by atoms with van der Waals surface area (Å²) in [6.45, 7) is 1.89. The summed E-state index contributed by atoms with van der Waals surface area (Å²) in [5.74, 6) is -0.528. The highest BCUT2D eigenvalue weighted by Crippen LogP contribution is 2.14. The average molecular weight is 367 g/mol. The number of furan rings is 1. The number of hydrogen-bond donors (Lipinski definition) is 3. The molecule has 3 rings (SSSR count). The summed E-state index contributed by atoms with van der Waals surface area (Å²) in [6, 6.07) is 14.3. The monoisotopic (exact) mass is 367 g/mol. The average Bonchev–Trinajstić information content (AvgIpc) is 3.18. The van der Waals surface area contributed by atoms with Crippen LogP contribution in [-0.4, -0.2) is 11.9 Å². The Morgan fingerprint density at radius 2 is 1.81 bits per heavy atom. The van der Waals surface area contributed by atoms with E-state index in [1.807, 2.05) is 6.07 Å². The van der Waals surface area contributed by atoms with Gasteiger partial charge in [-0.05, 0) is 54.4 Å². The quantitative estimate of drug-likeness (QED) is 0.629. The zero-order chi connectivity index (χ0) is 19.2. The third-order valence-corrected chi connectivity index (χ3v) is 3.81. The highest BCUT2D eigenvalue weighted by atomic mass is 19.1. The first kappa shape index (κ1) is 18.2. The molecule has 3 amide bonds. The summed E-state index contributed by atoms with van der Waals surface area (Å²) in [4.78, 5) is 24.0. The van der Waals surface area contributed by atoms with Crippen molar-refractivity contribution in [3.05, 3.63) is 83.6 Å². The number of benzene rings is 2. The Balaban J connectivity index is 1.55. The molecule has 0 aliphatic heterocycles. The maximum absolute atomic E-state index is 13.5. The maximum Gasteiger partial charge on any atom is 0.319 e. The number of hydrogen-bond acceptors (Lipinski definition) is 3. The molecule has 0 unspecified atom stereocenters. The van der Waals surface area contributed by atoms with Gasteiger partial charge in [-0.15, -0.1) is 0 Å². The van der Waals surface area contributed by atoms with E-state index in [1.165, 1.54) is 12.3 Å². The molecule has 0 fully saturated rings. The summed E-state index contributed by atoms with van der Waals surface area (Å²) >= 11 is 0. The van der Waals surface area contributed by atoms with E-state index in [9.17, 15) is 14.0 Å². The molecule has 7 heteroatoms. The lowest BCUT2D eigenvalue weighted by molar-refractivity contribution is 0.0996. The number of carbonyl (C=O) groups excluding carboxylic acids is 2. The van der Waals surface area contributed by atoms with Gasteiger partial charge < -0.3 is 20.4 Å². The highest BCUT2D eigenvalue weighted by Gasteiger charge is 2.09. The minimum atomic E-state index is -0.455. The van der Waals surface area contributed by atoms with E-state index < -0.39 is 6.03 Å². The van der Waals surface area contributed by atoms with Gasteiger partial charge in [-0.1, -0.05) is 18.2 Å². The molecule has 0 bridgehead atoms. The van der Waals surface area contributed by atoms with Gasteiger partial charge >= 0.3 is 6.03 Å². The molecule has 2 aromatic carbocycles. The molecule has 3 aromatic rings. The minimum Gasteiger partial charge on any atom is -0.459 e. The topological polar surface area (TPSA) is 83.4 Å². The van der Waals surface area contributed by atoms with Crippen molar-refractivity contribution in [3.63, 3.8) is 0 Å². The number of halogens is 1. The lowest BCUT2D eigenvalue weighted by Crippen LogP contribution is -2.28. The van der Waals surface area contributed by atoms with Gasteiger partial charge in [0.1, 0.15) is 5.82 Å². The molecule has 0 atom stereocenters. The first-order chi connectivity index (χ1) is 13.0. The molecule has 0 spiro atoms.